The van der Waals surface area contributed by atoms with E-state index in [0.29, 0.717) is 6.61 Å². The van der Waals surface area contributed by atoms with E-state index < -0.39 is 0 Å². The van der Waals surface area contributed by atoms with Crippen LogP contribution in [0.15, 0.2) is 18.2 Å². The number of hydrogen-bond acceptors (Lipinski definition) is 2. The van der Waals surface area contributed by atoms with Crippen LogP contribution in [0.4, 0.5) is 0 Å². The summed E-state index contributed by atoms with van der Waals surface area (Å²) in [6, 6.07) is 6.14. The van der Waals surface area contributed by atoms with Gasteiger partial charge in [0, 0.05) is 17.2 Å². The first kappa shape index (κ1) is 11.9. The van der Waals surface area contributed by atoms with Crippen LogP contribution in [0.5, 0.6) is 0 Å². The minimum Gasteiger partial charge on any atom is -0.380 e. The zero-order chi connectivity index (χ0) is 11.6. The lowest BCUT2D eigenvalue weighted by Crippen LogP contribution is -2.49. The van der Waals surface area contributed by atoms with E-state index in [1.807, 2.05) is 13.0 Å². The number of benzene rings is 1. The highest BCUT2D eigenvalue weighted by molar-refractivity contribution is 6.31. The SMILES string of the molecule is Cc1ccc(CC2(N)CCCOC2)c(Cl)c1. The van der Waals surface area contributed by atoms with E-state index in [4.69, 9.17) is 22.1 Å². The van der Waals surface area contributed by atoms with Crippen LogP contribution in [0, 0.1) is 6.92 Å². The number of nitrogens with two attached hydrogens (primary N) is 1. The number of aryl methyl sites for hydroxylation is 1. The molecule has 1 aromatic carbocycles. The predicted octanol–water partition coefficient (Wildman–Crippen LogP) is 2.70. The largest absolute Gasteiger partial charge is 0.380 e. The summed E-state index contributed by atoms with van der Waals surface area (Å²) in [5.41, 5.74) is 8.38. The highest BCUT2D eigenvalue weighted by Gasteiger charge is 2.29. The third-order valence-corrected chi connectivity index (χ3v) is 3.46. The maximum Gasteiger partial charge on any atom is 0.0649 e. The van der Waals surface area contributed by atoms with E-state index in [0.717, 1.165) is 36.5 Å². The molecule has 1 fully saturated rings. The lowest BCUT2D eigenvalue weighted by atomic mass is 9.86. The second-order valence-electron chi connectivity index (χ2n) is 4.79. The number of ether oxygens (including phenoxy) is 1. The van der Waals surface area contributed by atoms with Crippen molar-refractivity contribution in [3.05, 3.63) is 34.3 Å². The molecule has 2 rings (SSSR count). The van der Waals surface area contributed by atoms with Crippen molar-refractivity contribution in [2.24, 2.45) is 5.73 Å². The number of hydrogen-bond donors (Lipinski definition) is 1. The third kappa shape index (κ3) is 2.76. The van der Waals surface area contributed by atoms with Crippen LogP contribution in [0.2, 0.25) is 5.02 Å². The Morgan fingerprint density at radius 2 is 2.31 bits per heavy atom. The molecule has 1 unspecified atom stereocenters. The molecule has 0 bridgehead atoms. The molecule has 0 saturated carbocycles. The molecule has 1 aliphatic rings. The molecule has 16 heavy (non-hydrogen) atoms. The Morgan fingerprint density at radius 3 is 2.94 bits per heavy atom. The average Bonchev–Trinajstić information content (AvgIpc) is 2.23. The molecule has 1 aliphatic heterocycles. The van der Waals surface area contributed by atoms with Gasteiger partial charge in [0.1, 0.15) is 0 Å². The van der Waals surface area contributed by atoms with Crippen LogP contribution in [-0.4, -0.2) is 18.8 Å². The molecular weight excluding hydrogens is 222 g/mol. The Morgan fingerprint density at radius 1 is 1.50 bits per heavy atom. The number of halogens is 1. The normalized spacial score (nSPS) is 25.7. The van der Waals surface area contributed by atoms with E-state index in [9.17, 15) is 0 Å². The minimum atomic E-state index is -0.239. The first-order valence-corrected chi connectivity index (χ1v) is 6.09. The van der Waals surface area contributed by atoms with Crippen LogP contribution in [-0.2, 0) is 11.2 Å². The highest BCUT2D eigenvalue weighted by Crippen LogP contribution is 2.26. The van der Waals surface area contributed by atoms with Gasteiger partial charge in [0.25, 0.3) is 0 Å². The average molecular weight is 240 g/mol. The second kappa shape index (κ2) is 4.74. The Labute approximate surface area is 102 Å². The predicted molar refractivity (Wildman–Crippen MR) is 66.9 cm³/mol. The van der Waals surface area contributed by atoms with Gasteiger partial charge in [-0.3, -0.25) is 0 Å². The van der Waals surface area contributed by atoms with E-state index in [1.165, 1.54) is 5.56 Å². The summed E-state index contributed by atoms with van der Waals surface area (Å²) in [4.78, 5) is 0. The van der Waals surface area contributed by atoms with Crippen LogP contribution in [0.25, 0.3) is 0 Å². The van der Waals surface area contributed by atoms with Crippen LogP contribution < -0.4 is 5.73 Å². The first-order chi connectivity index (χ1) is 7.59. The summed E-state index contributed by atoms with van der Waals surface area (Å²) in [6.45, 7) is 3.51. The molecule has 1 heterocycles. The summed E-state index contributed by atoms with van der Waals surface area (Å²) in [6.07, 6.45) is 2.85. The van der Waals surface area contributed by atoms with Crippen LogP contribution >= 0.6 is 11.6 Å². The molecule has 0 aliphatic carbocycles. The molecule has 0 amide bonds. The topological polar surface area (TPSA) is 35.2 Å². The Bertz CT molecular complexity index is 372. The minimum absolute atomic E-state index is 0.239. The van der Waals surface area contributed by atoms with Crippen molar-refractivity contribution < 1.29 is 4.74 Å². The lowest BCUT2D eigenvalue weighted by Gasteiger charge is -2.33. The van der Waals surface area contributed by atoms with Gasteiger partial charge < -0.3 is 10.5 Å². The molecule has 3 heteroatoms. The van der Waals surface area contributed by atoms with Crippen LogP contribution in [0.1, 0.15) is 24.0 Å². The van der Waals surface area contributed by atoms with Crippen molar-refractivity contribution in [3.8, 4) is 0 Å². The smallest absolute Gasteiger partial charge is 0.0649 e. The summed E-state index contributed by atoms with van der Waals surface area (Å²) in [7, 11) is 0. The van der Waals surface area contributed by atoms with Gasteiger partial charge in [0.05, 0.1) is 6.61 Å². The van der Waals surface area contributed by atoms with Gasteiger partial charge in [-0.15, -0.1) is 0 Å². The van der Waals surface area contributed by atoms with Gasteiger partial charge in [-0.25, -0.2) is 0 Å². The fourth-order valence-corrected chi connectivity index (χ4v) is 2.49. The maximum atomic E-state index is 6.31. The zero-order valence-electron chi connectivity index (χ0n) is 9.63. The quantitative estimate of drug-likeness (QED) is 0.861. The van der Waals surface area contributed by atoms with Crippen molar-refractivity contribution in [2.75, 3.05) is 13.2 Å². The molecule has 0 spiro atoms. The van der Waals surface area contributed by atoms with Crippen molar-refractivity contribution >= 4 is 11.6 Å². The van der Waals surface area contributed by atoms with Gasteiger partial charge in [0.15, 0.2) is 0 Å². The Balaban J connectivity index is 2.13. The zero-order valence-corrected chi connectivity index (χ0v) is 10.4. The lowest BCUT2D eigenvalue weighted by molar-refractivity contribution is 0.0382. The Hall–Kier alpha value is -0.570. The molecule has 1 aromatic rings. The Kier molecular flexibility index (Phi) is 3.53. The number of rotatable bonds is 2. The van der Waals surface area contributed by atoms with Crippen molar-refractivity contribution in [1.82, 2.24) is 0 Å². The van der Waals surface area contributed by atoms with Crippen molar-refractivity contribution in [1.29, 1.82) is 0 Å². The summed E-state index contributed by atoms with van der Waals surface area (Å²) in [5, 5.41) is 0.815. The fourth-order valence-electron chi connectivity index (χ4n) is 2.19. The standard InChI is InChI=1S/C13H18ClNO/c1-10-3-4-11(12(14)7-10)8-13(15)5-2-6-16-9-13/h3-4,7H,2,5-6,8-9,15H2,1H3. The van der Waals surface area contributed by atoms with Gasteiger partial charge in [-0.2, -0.15) is 0 Å². The molecule has 2 N–H and O–H groups in total. The van der Waals surface area contributed by atoms with Crippen LogP contribution in [0.3, 0.4) is 0 Å². The van der Waals surface area contributed by atoms with Crippen molar-refractivity contribution in [2.45, 2.75) is 31.7 Å². The second-order valence-corrected chi connectivity index (χ2v) is 5.20. The van der Waals surface area contributed by atoms with E-state index in [-0.39, 0.29) is 5.54 Å². The molecule has 0 aromatic heterocycles. The van der Waals surface area contributed by atoms with E-state index in [1.54, 1.807) is 0 Å². The molecule has 1 atom stereocenters. The summed E-state index contributed by atoms with van der Waals surface area (Å²) in [5.74, 6) is 0. The van der Waals surface area contributed by atoms with E-state index in [2.05, 4.69) is 12.1 Å². The van der Waals surface area contributed by atoms with E-state index >= 15 is 0 Å². The summed E-state index contributed by atoms with van der Waals surface area (Å²) < 4.78 is 5.45. The monoisotopic (exact) mass is 239 g/mol. The fraction of sp³-hybridized carbons (Fsp3) is 0.538. The van der Waals surface area contributed by atoms with Gasteiger partial charge >= 0.3 is 0 Å². The molecule has 88 valence electrons. The maximum absolute atomic E-state index is 6.31. The van der Waals surface area contributed by atoms with Gasteiger partial charge in [-0.05, 0) is 43.4 Å². The molecule has 1 saturated heterocycles. The highest BCUT2D eigenvalue weighted by atomic mass is 35.5. The molecule has 0 radical (unpaired) electrons. The van der Waals surface area contributed by atoms with Gasteiger partial charge in [-0.1, -0.05) is 23.7 Å². The molecular formula is C13H18ClNO. The third-order valence-electron chi connectivity index (χ3n) is 3.10. The molecule has 2 nitrogen and oxygen atoms in total. The summed E-state index contributed by atoms with van der Waals surface area (Å²) >= 11 is 6.21. The van der Waals surface area contributed by atoms with Crippen molar-refractivity contribution in [3.63, 3.8) is 0 Å². The first-order valence-electron chi connectivity index (χ1n) is 5.71. The van der Waals surface area contributed by atoms with Gasteiger partial charge in [0.2, 0.25) is 0 Å².